The lowest BCUT2D eigenvalue weighted by Gasteiger charge is -2.14. The van der Waals surface area contributed by atoms with Gasteiger partial charge in [0.25, 0.3) is 10.0 Å². The number of nitrogens with one attached hydrogen (secondary N) is 1. The fourth-order valence-corrected chi connectivity index (χ4v) is 3.66. The number of hydrogen-bond donors (Lipinski definition) is 2. The molecule has 0 saturated carbocycles. The molecule has 3 N–H and O–H groups in total. The molecule has 9 heteroatoms. The van der Waals surface area contributed by atoms with E-state index in [1.54, 1.807) is 6.92 Å². The predicted molar refractivity (Wildman–Crippen MR) is 66.0 cm³/mol. The highest BCUT2D eigenvalue weighted by Gasteiger charge is 2.36. The lowest BCUT2D eigenvalue weighted by molar-refractivity contribution is 0.0595. The van der Waals surface area contributed by atoms with Crippen molar-refractivity contribution in [1.82, 2.24) is 14.5 Å². The van der Waals surface area contributed by atoms with Gasteiger partial charge >= 0.3 is 5.97 Å². The second kappa shape index (κ2) is 4.91. The summed E-state index contributed by atoms with van der Waals surface area (Å²) in [4.78, 5) is 11.7. The summed E-state index contributed by atoms with van der Waals surface area (Å²) < 4.78 is 30.7. The molecule has 1 fully saturated rings. The molecule has 2 heterocycles. The Morgan fingerprint density at radius 3 is 2.79 bits per heavy atom. The van der Waals surface area contributed by atoms with Gasteiger partial charge in [-0.2, -0.15) is 9.40 Å². The Balaban J connectivity index is 2.44. The summed E-state index contributed by atoms with van der Waals surface area (Å²) in [7, 11) is -2.64. The molecule has 0 aliphatic carbocycles. The van der Waals surface area contributed by atoms with Gasteiger partial charge in [0.05, 0.1) is 7.11 Å². The smallest absolute Gasteiger partial charge is 0.342 e. The van der Waals surface area contributed by atoms with E-state index < -0.39 is 16.0 Å². The quantitative estimate of drug-likeness (QED) is 0.705. The molecule has 0 bridgehead atoms. The first-order valence-corrected chi connectivity index (χ1v) is 7.21. The molecule has 0 spiro atoms. The number of esters is 1. The van der Waals surface area contributed by atoms with E-state index in [2.05, 4.69) is 14.9 Å². The van der Waals surface area contributed by atoms with Crippen LogP contribution in [0.5, 0.6) is 0 Å². The second-order valence-corrected chi connectivity index (χ2v) is 6.29. The minimum absolute atomic E-state index is 0.0528. The van der Waals surface area contributed by atoms with E-state index in [9.17, 15) is 13.2 Å². The van der Waals surface area contributed by atoms with Gasteiger partial charge in [-0.15, -0.1) is 0 Å². The van der Waals surface area contributed by atoms with Crippen molar-refractivity contribution in [3.05, 3.63) is 11.3 Å². The average molecular weight is 288 g/mol. The summed E-state index contributed by atoms with van der Waals surface area (Å²) in [6, 6.07) is -0.184. The first-order chi connectivity index (χ1) is 8.87. The third kappa shape index (κ3) is 2.36. The van der Waals surface area contributed by atoms with E-state index in [-0.39, 0.29) is 23.2 Å². The van der Waals surface area contributed by atoms with Crippen molar-refractivity contribution in [2.24, 2.45) is 5.73 Å². The highest BCUT2D eigenvalue weighted by molar-refractivity contribution is 7.89. The monoisotopic (exact) mass is 288 g/mol. The van der Waals surface area contributed by atoms with Gasteiger partial charge in [0.2, 0.25) is 5.03 Å². The van der Waals surface area contributed by atoms with Crippen LogP contribution in [0.4, 0.5) is 0 Å². The zero-order valence-electron chi connectivity index (χ0n) is 10.7. The second-order valence-electron chi connectivity index (χ2n) is 4.43. The van der Waals surface area contributed by atoms with Gasteiger partial charge in [-0.05, 0) is 13.3 Å². The van der Waals surface area contributed by atoms with E-state index >= 15 is 0 Å². The van der Waals surface area contributed by atoms with Crippen LogP contribution in [0.2, 0.25) is 0 Å². The molecule has 1 saturated heterocycles. The summed E-state index contributed by atoms with van der Waals surface area (Å²) in [5, 5.41) is 5.94. The number of aromatic nitrogens is 2. The highest BCUT2D eigenvalue weighted by Crippen LogP contribution is 2.24. The van der Waals surface area contributed by atoms with Gasteiger partial charge in [-0.25, -0.2) is 13.2 Å². The third-order valence-electron chi connectivity index (χ3n) is 3.08. The van der Waals surface area contributed by atoms with Crippen molar-refractivity contribution in [3.8, 4) is 0 Å². The molecule has 106 valence electrons. The van der Waals surface area contributed by atoms with Crippen LogP contribution in [-0.2, 0) is 14.8 Å². The van der Waals surface area contributed by atoms with Crippen molar-refractivity contribution in [2.75, 3.05) is 20.2 Å². The first-order valence-electron chi connectivity index (χ1n) is 5.77. The maximum absolute atomic E-state index is 12.4. The number of ether oxygens (including phenoxy) is 1. The van der Waals surface area contributed by atoms with Gasteiger partial charge in [0, 0.05) is 24.8 Å². The van der Waals surface area contributed by atoms with E-state index in [1.807, 2.05) is 0 Å². The molecule has 0 radical (unpaired) electrons. The summed E-state index contributed by atoms with van der Waals surface area (Å²) in [5.41, 5.74) is 6.01. The topological polar surface area (TPSA) is 118 Å². The zero-order valence-corrected chi connectivity index (χ0v) is 11.5. The number of aryl methyl sites for hydroxylation is 1. The van der Waals surface area contributed by atoms with Crippen molar-refractivity contribution in [2.45, 2.75) is 24.4 Å². The molecule has 2 rings (SSSR count). The Kier molecular flexibility index (Phi) is 3.61. The number of nitrogens with zero attached hydrogens (tertiary/aromatic N) is 2. The van der Waals surface area contributed by atoms with Crippen molar-refractivity contribution < 1.29 is 17.9 Å². The van der Waals surface area contributed by atoms with Gasteiger partial charge in [-0.1, -0.05) is 0 Å². The Labute approximate surface area is 111 Å². The number of nitrogens with two attached hydrogens (primary N) is 1. The third-order valence-corrected chi connectivity index (χ3v) is 4.87. The average Bonchev–Trinajstić information content (AvgIpc) is 2.95. The molecular formula is C10H16N4O4S. The van der Waals surface area contributed by atoms with Crippen LogP contribution in [0.1, 0.15) is 22.5 Å². The molecule has 0 amide bonds. The van der Waals surface area contributed by atoms with Crippen LogP contribution in [0.25, 0.3) is 0 Å². The largest absolute Gasteiger partial charge is 0.465 e. The molecule has 0 aromatic carbocycles. The minimum atomic E-state index is -3.83. The number of H-pyrrole nitrogens is 1. The van der Waals surface area contributed by atoms with Gasteiger partial charge < -0.3 is 10.5 Å². The van der Waals surface area contributed by atoms with Crippen LogP contribution >= 0.6 is 0 Å². The fraction of sp³-hybridized carbons (Fsp3) is 0.600. The Morgan fingerprint density at radius 1 is 1.58 bits per heavy atom. The molecular weight excluding hydrogens is 272 g/mol. The van der Waals surface area contributed by atoms with Gasteiger partial charge in [0.1, 0.15) is 5.56 Å². The van der Waals surface area contributed by atoms with Crippen molar-refractivity contribution in [3.63, 3.8) is 0 Å². The normalized spacial score (nSPS) is 20.7. The molecule has 19 heavy (non-hydrogen) atoms. The summed E-state index contributed by atoms with van der Waals surface area (Å²) in [6.45, 7) is 2.12. The lowest BCUT2D eigenvalue weighted by Crippen LogP contribution is -2.33. The summed E-state index contributed by atoms with van der Waals surface area (Å²) in [5.74, 6) is -0.728. The molecule has 1 aliphatic rings. The van der Waals surface area contributed by atoms with E-state index in [4.69, 9.17) is 5.73 Å². The zero-order chi connectivity index (χ0) is 14.2. The molecule has 0 unspecified atom stereocenters. The Hall–Kier alpha value is -1.45. The molecule has 8 nitrogen and oxygen atoms in total. The Morgan fingerprint density at radius 2 is 2.26 bits per heavy atom. The van der Waals surface area contributed by atoms with Crippen LogP contribution in [-0.4, -0.2) is 55.1 Å². The maximum Gasteiger partial charge on any atom is 0.342 e. The predicted octanol–water partition coefficient (Wildman–Crippen LogP) is -0.774. The number of aromatic amines is 1. The van der Waals surface area contributed by atoms with E-state index in [0.29, 0.717) is 18.7 Å². The van der Waals surface area contributed by atoms with Gasteiger partial charge in [-0.3, -0.25) is 5.10 Å². The molecule has 1 aliphatic heterocycles. The van der Waals surface area contributed by atoms with Crippen LogP contribution in [0.15, 0.2) is 5.03 Å². The fourth-order valence-electron chi connectivity index (χ4n) is 2.03. The van der Waals surface area contributed by atoms with Crippen molar-refractivity contribution in [1.29, 1.82) is 0 Å². The molecule has 1 atom stereocenters. The first kappa shape index (κ1) is 14.0. The standard InChI is InChI=1S/C10H16N4O4S/c1-6-8(10(15)18-2)9(13-12-6)19(16,17)14-4-3-7(11)5-14/h7H,3-5,11H2,1-2H3,(H,12,13)/t7-/m1/s1. The lowest BCUT2D eigenvalue weighted by atomic mass is 10.3. The SMILES string of the molecule is COC(=O)c1c(S(=O)(=O)N2CC[C@@H](N)C2)n[nH]c1C. The number of carbonyl (C=O) groups is 1. The van der Waals surface area contributed by atoms with Crippen LogP contribution in [0, 0.1) is 6.92 Å². The van der Waals surface area contributed by atoms with E-state index in [0.717, 1.165) is 0 Å². The maximum atomic E-state index is 12.4. The van der Waals surface area contributed by atoms with Gasteiger partial charge in [0.15, 0.2) is 0 Å². The number of hydrogen-bond acceptors (Lipinski definition) is 6. The molecule has 1 aromatic heterocycles. The number of carbonyl (C=O) groups excluding carboxylic acids is 1. The molecule has 1 aromatic rings. The number of methoxy groups -OCH3 is 1. The number of rotatable bonds is 3. The van der Waals surface area contributed by atoms with Crippen molar-refractivity contribution >= 4 is 16.0 Å². The number of sulfonamides is 1. The summed E-state index contributed by atoms with van der Waals surface area (Å²) in [6.07, 6.45) is 0.593. The minimum Gasteiger partial charge on any atom is -0.465 e. The Bertz CT molecular complexity index is 595. The van der Waals surface area contributed by atoms with E-state index in [1.165, 1.54) is 11.4 Å². The highest BCUT2D eigenvalue weighted by atomic mass is 32.2. The van der Waals surface area contributed by atoms with Crippen LogP contribution in [0.3, 0.4) is 0 Å². The summed E-state index contributed by atoms with van der Waals surface area (Å²) >= 11 is 0. The van der Waals surface area contributed by atoms with Crippen LogP contribution < -0.4 is 5.73 Å².